The zero-order valence-electron chi connectivity index (χ0n) is 18.8. The molecule has 6 nitrogen and oxygen atoms in total. The van der Waals surface area contributed by atoms with Crippen molar-refractivity contribution in [3.05, 3.63) is 71.1 Å². The first-order chi connectivity index (χ1) is 15.7. The molecule has 0 atom stereocenters. The summed E-state index contributed by atoms with van der Waals surface area (Å²) in [5.41, 5.74) is 0.0870. The molecule has 0 fully saturated rings. The van der Waals surface area contributed by atoms with Crippen LogP contribution in [0.4, 0.5) is 28.9 Å². The van der Waals surface area contributed by atoms with Gasteiger partial charge in [-0.2, -0.15) is 13.2 Å². The number of benzene rings is 2. The molecule has 2 rings (SSSR count). The van der Waals surface area contributed by atoms with Crippen molar-refractivity contribution in [1.29, 1.82) is 0 Å². The molecular weight excluding hydrogens is 474 g/mol. The molecule has 0 aliphatic carbocycles. The summed E-state index contributed by atoms with van der Waals surface area (Å²) in [5, 5.41) is 5.47. The summed E-state index contributed by atoms with van der Waals surface area (Å²) in [6, 6.07) is 5.56. The summed E-state index contributed by atoms with van der Waals surface area (Å²) in [7, 11) is -3.71. The molecule has 0 saturated carbocycles. The fourth-order valence-corrected chi connectivity index (χ4v) is 3.56. The predicted molar refractivity (Wildman–Crippen MR) is 126 cm³/mol. The monoisotopic (exact) mass is 499 g/mol. The average molecular weight is 500 g/mol. The van der Waals surface area contributed by atoms with Crippen LogP contribution in [-0.4, -0.2) is 26.6 Å². The molecule has 0 aliphatic heterocycles. The zero-order valence-corrected chi connectivity index (χ0v) is 19.6. The largest absolute Gasteiger partial charge is 0.416 e. The molecule has 0 unspecified atom stereocenters. The van der Waals surface area contributed by atoms with Crippen molar-refractivity contribution in [2.75, 3.05) is 16.3 Å². The van der Waals surface area contributed by atoms with Crippen molar-refractivity contribution >= 4 is 39.5 Å². The minimum atomic E-state index is -4.50. The second-order valence-electron chi connectivity index (χ2n) is 7.77. The number of rotatable bonds is 9. The Hall–Kier alpha value is -3.34. The van der Waals surface area contributed by atoms with Crippen LogP contribution in [0.2, 0.25) is 0 Å². The molecule has 3 N–H and O–H groups in total. The van der Waals surface area contributed by atoms with E-state index < -0.39 is 33.5 Å². The molecule has 2 aromatic carbocycles. The SMILES string of the molecule is C=Cc1cc(CNC(=O)/C=C\c2ccc(C(F)(F)F)cc2NC(C)C)cc(F)c1NS(C)(=O)=O. The van der Waals surface area contributed by atoms with Crippen LogP contribution < -0.4 is 15.4 Å². The molecule has 0 aliphatic rings. The van der Waals surface area contributed by atoms with Gasteiger partial charge in [-0.05, 0) is 55.3 Å². The topological polar surface area (TPSA) is 87.3 Å². The lowest BCUT2D eigenvalue weighted by molar-refractivity contribution is -0.137. The summed E-state index contributed by atoms with van der Waals surface area (Å²) < 4.78 is 78.4. The number of amides is 1. The van der Waals surface area contributed by atoms with Crippen LogP contribution in [0, 0.1) is 5.82 Å². The maximum atomic E-state index is 14.4. The van der Waals surface area contributed by atoms with Crippen LogP contribution in [0.25, 0.3) is 12.2 Å². The second kappa shape index (κ2) is 10.7. The standard InChI is InChI=1S/C23H25F4N3O3S/c1-5-16-10-15(11-19(24)22(16)30-34(4,32)33)13-28-21(31)9-7-17-6-8-18(23(25,26)27)12-20(17)29-14(2)3/h5-12,14,29-30H,1,13H2,2-4H3,(H,28,31)/b9-7-. The molecule has 0 bridgehead atoms. The van der Waals surface area contributed by atoms with Gasteiger partial charge in [0.05, 0.1) is 17.5 Å². The average Bonchev–Trinajstić information content (AvgIpc) is 2.70. The second-order valence-corrected chi connectivity index (χ2v) is 9.52. The highest BCUT2D eigenvalue weighted by molar-refractivity contribution is 7.92. The van der Waals surface area contributed by atoms with E-state index >= 15 is 0 Å². The highest BCUT2D eigenvalue weighted by atomic mass is 32.2. The van der Waals surface area contributed by atoms with Gasteiger partial charge >= 0.3 is 6.18 Å². The fourth-order valence-electron chi connectivity index (χ4n) is 2.97. The molecule has 11 heteroatoms. The lowest BCUT2D eigenvalue weighted by atomic mass is 10.1. The van der Waals surface area contributed by atoms with E-state index in [1.807, 2.05) is 0 Å². The molecule has 184 valence electrons. The van der Waals surface area contributed by atoms with Gasteiger partial charge < -0.3 is 10.6 Å². The maximum absolute atomic E-state index is 14.4. The molecule has 2 aromatic rings. The summed E-state index contributed by atoms with van der Waals surface area (Å²) >= 11 is 0. The Morgan fingerprint density at radius 1 is 1.15 bits per heavy atom. The van der Waals surface area contributed by atoms with Crippen LogP contribution in [0.1, 0.15) is 36.1 Å². The first kappa shape index (κ1) is 26.9. The summed E-state index contributed by atoms with van der Waals surface area (Å²) in [4.78, 5) is 12.2. The van der Waals surface area contributed by atoms with Gasteiger partial charge in [-0.3, -0.25) is 9.52 Å². The number of alkyl halides is 3. The third-order valence-electron chi connectivity index (χ3n) is 4.39. The lowest BCUT2D eigenvalue weighted by Gasteiger charge is -2.16. The Balaban J connectivity index is 2.17. The Labute approximate surface area is 195 Å². The Morgan fingerprint density at radius 3 is 2.38 bits per heavy atom. The zero-order chi connectivity index (χ0) is 25.7. The van der Waals surface area contributed by atoms with Gasteiger partial charge in [-0.1, -0.05) is 18.7 Å². The highest BCUT2D eigenvalue weighted by Gasteiger charge is 2.31. The lowest BCUT2D eigenvalue weighted by Crippen LogP contribution is -2.21. The third kappa shape index (κ3) is 7.91. The van der Waals surface area contributed by atoms with Crippen LogP contribution >= 0.6 is 0 Å². The maximum Gasteiger partial charge on any atom is 0.416 e. The molecule has 1 amide bonds. The number of sulfonamides is 1. The van der Waals surface area contributed by atoms with E-state index in [0.29, 0.717) is 11.1 Å². The van der Waals surface area contributed by atoms with Gasteiger partial charge in [0, 0.05) is 29.9 Å². The van der Waals surface area contributed by atoms with Crippen molar-refractivity contribution < 1.29 is 30.8 Å². The first-order valence-corrected chi connectivity index (χ1v) is 11.9. The number of carbonyl (C=O) groups excluding carboxylic acids is 1. The van der Waals surface area contributed by atoms with Crippen molar-refractivity contribution in [1.82, 2.24) is 5.32 Å². The summed E-state index contributed by atoms with van der Waals surface area (Å²) in [6.45, 7) is 7.00. The van der Waals surface area contributed by atoms with Crippen LogP contribution in [-0.2, 0) is 27.5 Å². The van der Waals surface area contributed by atoms with E-state index in [0.717, 1.165) is 30.5 Å². The fraction of sp³-hybridized carbons (Fsp3) is 0.261. The van der Waals surface area contributed by atoms with Crippen molar-refractivity contribution in [2.24, 2.45) is 0 Å². The number of carbonyl (C=O) groups is 1. The van der Waals surface area contributed by atoms with E-state index in [4.69, 9.17) is 0 Å². The molecule has 34 heavy (non-hydrogen) atoms. The van der Waals surface area contributed by atoms with Gasteiger partial charge in [0.1, 0.15) is 5.82 Å². The minimum Gasteiger partial charge on any atom is -0.382 e. The number of hydrogen-bond acceptors (Lipinski definition) is 4. The quantitative estimate of drug-likeness (QED) is 0.334. The van der Waals surface area contributed by atoms with Gasteiger partial charge in [0.2, 0.25) is 15.9 Å². The summed E-state index contributed by atoms with van der Waals surface area (Å²) in [6.07, 6.45) is 0.181. The molecule has 0 saturated heterocycles. The van der Waals surface area contributed by atoms with Crippen LogP contribution in [0.3, 0.4) is 0 Å². The van der Waals surface area contributed by atoms with Gasteiger partial charge in [0.25, 0.3) is 0 Å². The van der Waals surface area contributed by atoms with Crippen molar-refractivity contribution in [2.45, 2.75) is 32.6 Å². The summed E-state index contributed by atoms with van der Waals surface area (Å²) in [5.74, 6) is -1.40. The molecule has 0 aromatic heterocycles. The normalized spacial score (nSPS) is 12.1. The van der Waals surface area contributed by atoms with Gasteiger partial charge in [-0.25, -0.2) is 12.8 Å². The molecule has 0 heterocycles. The van der Waals surface area contributed by atoms with Crippen LogP contribution in [0.5, 0.6) is 0 Å². The molecular formula is C23H25F4N3O3S. The first-order valence-electron chi connectivity index (χ1n) is 10.1. The Morgan fingerprint density at radius 2 is 1.82 bits per heavy atom. The van der Waals surface area contributed by atoms with Gasteiger partial charge in [0.15, 0.2) is 0 Å². The van der Waals surface area contributed by atoms with E-state index in [1.165, 1.54) is 24.3 Å². The van der Waals surface area contributed by atoms with E-state index in [9.17, 15) is 30.8 Å². The minimum absolute atomic E-state index is 0.0792. The molecule has 0 spiro atoms. The molecule has 0 radical (unpaired) electrons. The van der Waals surface area contributed by atoms with Crippen LogP contribution in [0.15, 0.2) is 43.0 Å². The number of halogens is 4. The number of hydrogen-bond donors (Lipinski definition) is 3. The van der Waals surface area contributed by atoms with E-state index in [-0.39, 0.29) is 29.5 Å². The number of nitrogens with one attached hydrogen (secondary N) is 3. The highest BCUT2D eigenvalue weighted by Crippen LogP contribution is 2.33. The van der Waals surface area contributed by atoms with Crippen molar-refractivity contribution in [3.8, 4) is 0 Å². The Bertz CT molecular complexity index is 1210. The predicted octanol–water partition coefficient (Wildman–Crippen LogP) is 5.01. The third-order valence-corrected chi connectivity index (χ3v) is 4.97. The number of anilines is 2. The Kier molecular flexibility index (Phi) is 8.49. The van der Waals surface area contributed by atoms with E-state index in [2.05, 4.69) is 21.9 Å². The smallest absolute Gasteiger partial charge is 0.382 e. The van der Waals surface area contributed by atoms with Gasteiger partial charge in [-0.15, -0.1) is 0 Å². The van der Waals surface area contributed by atoms with Crippen molar-refractivity contribution in [3.63, 3.8) is 0 Å². The van der Waals surface area contributed by atoms with E-state index in [1.54, 1.807) is 13.8 Å².